The second-order valence-electron chi connectivity index (χ2n) is 5.56. The van der Waals surface area contributed by atoms with E-state index in [4.69, 9.17) is 5.11 Å². The molecule has 21 heavy (non-hydrogen) atoms. The summed E-state index contributed by atoms with van der Waals surface area (Å²) in [5.74, 6) is -1.45. The zero-order valence-electron chi connectivity index (χ0n) is 11.6. The van der Waals surface area contributed by atoms with Crippen molar-refractivity contribution in [2.75, 3.05) is 5.32 Å². The highest BCUT2D eigenvalue weighted by Crippen LogP contribution is 2.32. The number of carboxylic acids is 1. The lowest BCUT2D eigenvalue weighted by molar-refractivity contribution is -0.141. The van der Waals surface area contributed by atoms with Crippen molar-refractivity contribution in [3.05, 3.63) is 42.5 Å². The molecule has 0 spiro atoms. The zero-order valence-corrected chi connectivity index (χ0v) is 11.6. The fourth-order valence-electron chi connectivity index (χ4n) is 3.01. The van der Waals surface area contributed by atoms with Crippen molar-refractivity contribution in [2.24, 2.45) is 11.8 Å². The molecule has 0 heterocycles. The Morgan fingerprint density at radius 2 is 1.71 bits per heavy atom. The van der Waals surface area contributed by atoms with Gasteiger partial charge in [0.1, 0.15) is 0 Å². The average Bonchev–Trinajstić information content (AvgIpc) is 2.98. The predicted molar refractivity (Wildman–Crippen MR) is 81.0 cm³/mol. The van der Waals surface area contributed by atoms with Crippen LogP contribution >= 0.6 is 0 Å². The van der Waals surface area contributed by atoms with E-state index in [0.29, 0.717) is 19.3 Å². The highest BCUT2D eigenvalue weighted by Gasteiger charge is 2.33. The number of hydrogen-bond donors (Lipinski definition) is 2. The van der Waals surface area contributed by atoms with Gasteiger partial charge >= 0.3 is 5.97 Å². The number of aliphatic carboxylic acids is 1. The highest BCUT2D eigenvalue weighted by atomic mass is 16.4. The Kier molecular flexibility index (Phi) is 3.60. The fraction of sp³-hybridized carbons (Fsp3) is 0.294. The van der Waals surface area contributed by atoms with E-state index >= 15 is 0 Å². The summed E-state index contributed by atoms with van der Waals surface area (Å²) in [7, 11) is 0. The minimum Gasteiger partial charge on any atom is -0.481 e. The van der Waals surface area contributed by atoms with Gasteiger partial charge in [-0.25, -0.2) is 0 Å². The lowest BCUT2D eigenvalue weighted by atomic mass is 10.0. The standard InChI is InChI=1S/C17H17NO3/c19-16(12-8-9-13(10-12)17(20)21)18-15-7-3-5-11-4-1-2-6-14(11)15/h1-7,12-13H,8-10H2,(H,18,19)(H,20,21)/t12-,13+/m0/s1. The minimum atomic E-state index is -0.796. The van der Waals surface area contributed by atoms with Crippen molar-refractivity contribution in [3.63, 3.8) is 0 Å². The third-order valence-corrected chi connectivity index (χ3v) is 4.20. The molecule has 1 fully saturated rings. The zero-order chi connectivity index (χ0) is 14.8. The van der Waals surface area contributed by atoms with E-state index in [-0.39, 0.29) is 17.7 Å². The van der Waals surface area contributed by atoms with E-state index in [1.807, 2.05) is 42.5 Å². The van der Waals surface area contributed by atoms with E-state index in [1.165, 1.54) is 0 Å². The van der Waals surface area contributed by atoms with Crippen molar-refractivity contribution in [1.29, 1.82) is 0 Å². The molecule has 2 atom stereocenters. The number of carboxylic acid groups (broad SMARTS) is 1. The van der Waals surface area contributed by atoms with Crippen molar-refractivity contribution in [2.45, 2.75) is 19.3 Å². The lowest BCUT2D eigenvalue weighted by Crippen LogP contribution is -2.21. The summed E-state index contributed by atoms with van der Waals surface area (Å²) in [5, 5.41) is 14.0. The second-order valence-corrected chi connectivity index (χ2v) is 5.56. The molecular weight excluding hydrogens is 266 g/mol. The van der Waals surface area contributed by atoms with Gasteiger partial charge in [-0.3, -0.25) is 9.59 Å². The van der Waals surface area contributed by atoms with Crippen LogP contribution in [0, 0.1) is 11.8 Å². The molecule has 4 heteroatoms. The van der Waals surface area contributed by atoms with Gasteiger partial charge in [0.2, 0.25) is 5.91 Å². The van der Waals surface area contributed by atoms with E-state index in [1.54, 1.807) is 0 Å². The van der Waals surface area contributed by atoms with Gasteiger partial charge in [0.25, 0.3) is 0 Å². The normalized spacial score (nSPS) is 21.3. The summed E-state index contributed by atoms with van der Waals surface area (Å²) >= 11 is 0. The molecule has 0 saturated heterocycles. The second kappa shape index (κ2) is 5.56. The third-order valence-electron chi connectivity index (χ3n) is 4.20. The van der Waals surface area contributed by atoms with Crippen LogP contribution in [0.15, 0.2) is 42.5 Å². The Balaban J connectivity index is 1.77. The molecular formula is C17H17NO3. The van der Waals surface area contributed by atoms with E-state index in [9.17, 15) is 9.59 Å². The number of benzene rings is 2. The first-order chi connectivity index (χ1) is 10.1. The third kappa shape index (κ3) is 2.75. The van der Waals surface area contributed by atoms with Crippen molar-refractivity contribution in [3.8, 4) is 0 Å². The van der Waals surface area contributed by atoms with E-state index < -0.39 is 5.97 Å². The number of hydrogen-bond acceptors (Lipinski definition) is 2. The van der Waals surface area contributed by atoms with Crippen LogP contribution in [-0.2, 0) is 9.59 Å². The van der Waals surface area contributed by atoms with Gasteiger partial charge < -0.3 is 10.4 Å². The van der Waals surface area contributed by atoms with Crippen LogP contribution in [0.2, 0.25) is 0 Å². The average molecular weight is 283 g/mol. The van der Waals surface area contributed by atoms with Crippen LogP contribution in [0.1, 0.15) is 19.3 Å². The Morgan fingerprint density at radius 1 is 1.00 bits per heavy atom. The Bertz CT molecular complexity index is 690. The molecule has 4 nitrogen and oxygen atoms in total. The molecule has 0 bridgehead atoms. The summed E-state index contributed by atoms with van der Waals surface area (Å²) in [4.78, 5) is 23.3. The maximum absolute atomic E-state index is 12.3. The summed E-state index contributed by atoms with van der Waals surface area (Å²) in [6, 6.07) is 13.7. The molecule has 0 aliphatic heterocycles. The van der Waals surface area contributed by atoms with Gasteiger partial charge in [0, 0.05) is 17.0 Å². The first-order valence-electron chi connectivity index (χ1n) is 7.16. The number of rotatable bonds is 3. The Morgan fingerprint density at radius 3 is 2.48 bits per heavy atom. The molecule has 1 saturated carbocycles. The van der Waals surface area contributed by atoms with E-state index in [0.717, 1.165) is 16.5 Å². The van der Waals surface area contributed by atoms with Gasteiger partial charge in [-0.05, 0) is 30.7 Å². The van der Waals surface area contributed by atoms with Gasteiger partial charge in [-0.15, -0.1) is 0 Å². The van der Waals surface area contributed by atoms with E-state index in [2.05, 4.69) is 5.32 Å². The first kappa shape index (κ1) is 13.6. The van der Waals surface area contributed by atoms with Crippen LogP contribution in [0.5, 0.6) is 0 Å². The summed E-state index contributed by atoms with van der Waals surface area (Å²) < 4.78 is 0. The molecule has 2 aromatic carbocycles. The highest BCUT2D eigenvalue weighted by molar-refractivity contribution is 6.03. The van der Waals surface area contributed by atoms with Crippen molar-refractivity contribution in [1.82, 2.24) is 0 Å². The molecule has 3 rings (SSSR count). The molecule has 0 aromatic heterocycles. The molecule has 2 aromatic rings. The summed E-state index contributed by atoms with van der Waals surface area (Å²) in [6.07, 6.45) is 1.67. The maximum atomic E-state index is 12.3. The smallest absolute Gasteiger partial charge is 0.306 e. The SMILES string of the molecule is O=C(O)[C@@H]1CC[C@H](C(=O)Nc2cccc3ccccc23)C1. The summed E-state index contributed by atoms with van der Waals surface area (Å²) in [5.41, 5.74) is 0.789. The lowest BCUT2D eigenvalue weighted by Gasteiger charge is -2.12. The van der Waals surface area contributed by atoms with Gasteiger partial charge in [0.15, 0.2) is 0 Å². The molecule has 108 valence electrons. The molecule has 1 aliphatic carbocycles. The topological polar surface area (TPSA) is 66.4 Å². The fourth-order valence-corrected chi connectivity index (χ4v) is 3.01. The quantitative estimate of drug-likeness (QED) is 0.908. The molecule has 0 radical (unpaired) electrons. The first-order valence-corrected chi connectivity index (χ1v) is 7.16. The number of amides is 1. The minimum absolute atomic E-state index is 0.0740. The number of carbonyl (C=O) groups excluding carboxylic acids is 1. The molecule has 0 unspecified atom stereocenters. The van der Waals surface area contributed by atoms with Crippen molar-refractivity contribution >= 4 is 28.3 Å². The number of carbonyl (C=O) groups is 2. The van der Waals surface area contributed by atoms with Crippen LogP contribution in [0.4, 0.5) is 5.69 Å². The van der Waals surface area contributed by atoms with Gasteiger partial charge in [0.05, 0.1) is 5.92 Å². The maximum Gasteiger partial charge on any atom is 0.306 e. The van der Waals surface area contributed by atoms with Gasteiger partial charge in [-0.2, -0.15) is 0 Å². The number of anilines is 1. The monoisotopic (exact) mass is 283 g/mol. The summed E-state index contributed by atoms with van der Waals surface area (Å²) in [6.45, 7) is 0. The van der Waals surface area contributed by atoms with Gasteiger partial charge in [-0.1, -0.05) is 36.4 Å². The van der Waals surface area contributed by atoms with Crippen LogP contribution in [0.25, 0.3) is 10.8 Å². The number of nitrogens with one attached hydrogen (secondary N) is 1. The molecule has 1 aliphatic rings. The Hall–Kier alpha value is -2.36. The van der Waals surface area contributed by atoms with Crippen LogP contribution in [-0.4, -0.2) is 17.0 Å². The van der Waals surface area contributed by atoms with Crippen LogP contribution in [0.3, 0.4) is 0 Å². The molecule has 1 amide bonds. The predicted octanol–water partition coefficient (Wildman–Crippen LogP) is 3.28. The number of fused-ring (bicyclic) bond motifs is 1. The largest absolute Gasteiger partial charge is 0.481 e. The van der Waals surface area contributed by atoms with Crippen LogP contribution < -0.4 is 5.32 Å². The Labute approximate surface area is 122 Å². The molecule has 2 N–H and O–H groups in total. The van der Waals surface area contributed by atoms with Crippen molar-refractivity contribution < 1.29 is 14.7 Å².